The third-order valence-corrected chi connectivity index (χ3v) is 5.59. The van der Waals surface area contributed by atoms with Crippen LogP contribution in [0.25, 0.3) is 0 Å². The topological polar surface area (TPSA) is 118 Å². The molecule has 2 aromatic heterocycles. The van der Waals surface area contributed by atoms with Crippen LogP contribution in [0.3, 0.4) is 0 Å². The number of hydrogen-bond donors (Lipinski definition) is 2. The van der Waals surface area contributed by atoms with Crippen LogP contribution in [0.5, 0.6) is 0 Å². The summed E-state index contributed by atoms with van der Waals surface area (Å²) in [4.78, 5) is 57.1. The molecule has 2 aromatic rings. The Bertz CT molecular complexity index is 993. The van der Waals surface area contributed by atoms with Crippen LogP contribution in [-0.2, 0) is 9.59 Å². The van der Waals surface area contributed by atoms with Crippen molar-refractivity contribution < 1.29 is 19.2 Å². The average Bonchev–Trinajstić information content (AvgIpc) is 2.88. The van der Waals surface area contributed by atoms with Crippen molar-refractivity contribution in [3.8, 4) is 0 Å². The van der Waals surface area contributed by atoms with E-state index in [9.17, 15) is 19.2 Å². The number of amides is 2. The van der Waals surface area contributed by atoms with E-state index in [4.69, 9.17) is 0 Å². The van der Waals surface area contributed by atoms with Crippen LogP contribution in [0.15, 0.2) is 61.2 Å². The highest BCUT2D eigenvalue weighted by Gasteiger charge is 2.21. The normalized spacial score (nSPS) is 11.3. The van der Waals surface area contributed by atoms with E-state index in [0.29, 0.717) is 68.2 Å². The molecule has 8 heteroatoms. The molecule has 0 saturated heterocycles. The van der Waals surface area contributed by atoms with Crippen molar-refractivity contribution in [3.63, 3.8) is 0 Å². The number of carbonyl (C=O) groups is 4. The molecule has 0 aliphatic carbocycles. The maximum absolute atomic E-state index is 12.9. The van der Waals surface area contributed by atoms with E-state index in [1.54, 1.807) is 43.6 Å². The molecule has 1 atom stereocenters. The van der Waals surface area contributed by atoms with Gasteiger partial charge in [0.05, 0.1) is 6.04 Å². The summed E-state index contributed by atoms with van der Waals surface area (Å²) >= 11 is 0. The minimum absolute atomic E-state index is 0.0283. The number of nitrogens with zero attached hydrogens (tertiary/aromatic N) is 2. The first kappa shape index (κ1) is 27.6. The third kappa shape index (κ3) is 10.4. The molecule has 0 aromatic carbocycles. The van der Waals surface area contributed by atoms with E-state index in [1.165, 1.54) is 12.4 Å². The number of Topliss-reactive ketones (excluding diaryl/α,β-unsaturated/α-hetero) is 2. The predicted octanol–water partition coefficient (Wildman–Crippen LogP) is 3.84. The first-order valence-corrected chi connectivity index (χ1v) is 12.0. The number of carbonyl (C=O) groups excluding carboxylic acids is 4. The van der Waals surface area contributed by atoms with Gasteiger partial charge in [-0.2, -0.15) is 0 Å². The smallest absolute Gasteiger partial charge is 0.251 e. The lowest BCUT2D eigenvalue weighted by Gasteiger charge is -2.18. The minimum Gasteiger partial charge on any atom is -0.352 e. The highest BCUT2D eigenvalue weighted by Crippen LogP contribution is 2.11. The van der Waals surface area contributed by atoms with Crippen LogP contribution in [0, 0.1) is 0 Å². The van der Waals surface area contributed by atoms with Gasteiger partial charge in [0.2, 0.25) is 0 Å². The third-order valence-electron chi connectivity index (χ3n) is 5.59. The van der Waals surface area contributed by atoms with Gasteiger partial charge in [0, 0.05) is 55.3 Å². The molecule has 8 nitrogen and oxygen atoms in total. The highest BCUT2D eigenvalue weighted by molar-refractivity contribution is 5.98. The standard InChI is InChI=1S/C27H34N4O4/c1-20(2)24(32)9-4-3-5-10-25(33)23(31-27(35)22-13-18-29-19-14-22)8-6-7-15-30-26(34)21-11-16-28-17-12-21/h11-14,16-19,23H,1,3-10,15H2,2H3,(H,30,34)(H,31,35). The molecule has 0 saturated carbocycles. The lowest BCUT2D eigenvalue weighted by atomic mass is 9.99. The predicted molar refractivity (Wildman–Crippen MR) is 134 cm³/mol. The van der Waals surface area contributed by atoms with Gasteiger partial charge in [-0.1, -0.05) is 13.0 Å². The van der Waals surface area contributed by atoms with Crippen LogP contribution in [-0.4, -0.2) is 45.9 Å². The fourth-order valence-corrected chi connectivity index (χ4v) is 3.49. The number of pyridine rings is 2. The molecule has 1 unspecified atom stereocenters. The summed E-state index contributed by atoms with van der Waals surface area (Å²) in [5.41, 5.74) is 1.54. The van der Waals surface area contributed by atoms with Crippen molar-refractivity contribution in [3.05, 3.63) is 72.3 Å². The maximum atomic E-state index is 12.9. The minimum atomic E-state index is -0.608. The fraction of sp³-hybridized carbons (Fsp3) is 0.407. The Balaban J connectivity index is 1.81. The Hall–Kier alpha value is -3.68. The zero-order valence-electron chi connectivity index (χ0n) is 20.3. The Kier molecular flexibility index (Phi) is 12.0. The summed E-state index contributed by atoms with van der Waals surface area (Å²) in [7, 11) is 0. The Morgan fingerprint density at radius 1 is 0.800 bits per heavy atom. The molecule has 2 heterocycles. The van der Waals surface area contributed by atoms with Crippen LogP contribution >= 0.6 is 0 Å². The molecular formula is C27H34N4O4. The second kappa shape index (κ2) is 15.3. The zero-order chi connectivity index (χ0) is 25.5. The molecule has 0 fully saturated rings. The molecular weight excluding hydrogens is 444 g/mol. The molecule has 0 spiro atoms. The van der Waals surface area contributed by atoms with Crippen molar-refractivity contribution >= 4 is 23.4 Å². The van der Waals surface area contributed by atoms with Crippen molar-refractivity contribution in [1.29, 1.82) is 0 Å². The van der Waals surface area contributed by atoms with Crippen molar-refractivity contribution in [1.82, 2.24) is 20.6 Å². The molecule has 0 aliphatic heterocycles. The van der Waals surface area contributed by atoms with Gasteiger partial charge < -0.3 is 10.6 Å². The Morgan fingerprint density at radius 3 is 1.97 bits per heavy atom. The summed E-state index contributed by atoms with van der Waals surface area (Å²) in [5.74, 6) is -0.464. The van der Waals surface area contributed by atoms with E-state index in [2.05, 4.69) is 27.2 Å². The molecule has 2 rings (SSSR count). The second-order valence-electron chi connectivity index (χ2n) is 8.48. The van der Waals surface area contributed by atoms with E-state index >= 15 is 0 Å². The molecule has 2 amide bonds. The van der Waals surface area contributed by atoms with Gasteiger partial charge in [-0.15, -0.1) is 0 Å². The maximum Gasteiger partial charge on any atom is 0.251 e. The van der Waals surface area contributed by atoms with Crippen molar-refractivity contribution in [2.75, 3.05) is 6.54 Å². The molecule has 0 bridgehead atoms. The van der Waals surface area contributed by atoms with Crippen molar-refractivity contribution in [2.45, 2.75) is 64.3 Å². The molecule has 35 heavy (non-hydrogen) atoms. The second-order valence-corrected chi connectivity index (χ2v) is 8.48. The number of hydrogen-bond acceptors (Lipinski definition) is 6. The van der Waals surface area contributed by atoms with Crippen LogP contribution < -0.4 is 10.6 Å². The zero-order valence-corrected chi connectivity index (χ0v) is 20.3. The molecule has 0 radical (unpaired) electrons. The molecule has 186 valence electrons. The summed E-state index contributed by atoms with van der Waals surface area (Å²) in [6.07, 6.45) is 10.9. The van der Waals surface area contributed by atoms with Gasteiger partial charge in [-0.3, -0.25) is 29.1 Å². The number of unbranched alkanes of at least 4 members (excludes halogenated alkanes) is 3. The summed E-state index contributed by atoms with van der Waals surface area (Å²) < 4.78 is 0. The SMILES string of the molecule is C=C(C)C(=O)CCCCCC(=O)C(CCCCNC(=O)c1ccncc1)NC(=O)c1ccncc1. The van der Waals surface area contributed by atoms with E-state index < -0.39 is 6.04 Å². The lowest BCUT2D eigenvalue weighted by molar-refractivity contribution is -0.121. The Morgan fingerprint density at radius 2 is 1.37 bits per heavy atom. The van der Waals surface area contributed by atoms with E-state index in [-0.39, 0.29) is 23.4 Å². The largest absolute Gasteiger partial charge is 0.352 e. The monoisotopic (exact) mass is 478 g/mol. The van der Waals surface area contributed by atoms with Crippen LogP contribution in [0.4, 0.5) is 0 Å². The lowest BCUT2D eigenvalue weighted by Crippen LogP contribution is -2.41. The fourth-order valence-electron chi connectivity index (χ4n) is 3.49. The summed E-state index contributed by atoms with van der Waals surface area (Å²) in [6.45, 7) is 5.82. The molecule has 2 N–H and O–H groups in total. The van der Waals surface area contributed by atoms with Gasteiger partial charge in [-0.25, -0.2) is 0 Å². The summed E-state index contributed by atoms with van der Waals surface area (Å²) in [6, 6.07) is 5.89. The number of aromatic nitrogens is 2. The quantitative estimate of drug-likeness (QED) is 0.280. The van der Waals surface area contributed by atoms with Crippen LogP contribution in [0.2, 0.25) is 0 Å². The average molecular weight is 479 g/mol. The van der Waals surface area contributed by atoms with E-state index in [0.717, 1.165) is 6.42 Å². The first-order valence-electron chi connectivity index (χ1n) is 12.0. The van der Waals surface area contributed by atoms with Crippen LogP contribution in [0.1, 0.15) is 79.0 Å². The highest BCUT2D eigenvalue weighted by atomic mass is 16.2. The van der Waals surface area contributed by atoms with Gasteiger partial charge in [0.25, 0.3) is 11.8 Å². The number of rotatable bonds is 16. The molecule has 0 aliphatic rings. The first-order chi connectivity index (χ1) is 16.9. The van der Waals surface area contributed by atoms with Gasteiger partial charge in [0.15, 0.2) is 11.6 Å². The summed E-state index contributed by atoms with van der Waals surface area (Å²) in [5, 5.41) is 5.71. The Labute approximate surface area is 206 Å². The van der Waals surface area contributed by atoms with E-state index in [1.807, 2.05) is 0 Å². The van der Waals surface area contributed by atoms with Gasteiger partial charge >= 0.3 is 0 Å². The number of allylic oxidation sites excluding steroid dienone is 1. The van der Waals surface area contributed by atoms with Gasteiger partial charge in [0.1, 0.15) is 0 Å². The van der Waals surface area contributed by atoms with Crippen molar-refractivity contribution in [2.24, 2.45) is 0 Å². The van der Waals surface area contributed by atoms with Gasteiger partial charge in [-0.05, 0) is 68.9 Å². The number of ketones is 2. The number of nitrogens with one attached hydrogen (secondary N) is 2.